The van der Waals surface area contributed by atoms with Crippen LogP contribution in [0.25, 0.3) is 0 Å². The van der Waals surface area contributed by atoms with E-state index in [4.69, 9.17) is 0 Å². The molecule has 0 unspecified atom stereocenters. The first-order chi connectivity index (χ1) is 9.58. The maximum atomic E-state index is 12.2. The molecule has 1 fully saturated rings. The van der Waals surface area contributed by atoms with Crippen LogP contribution in [0.15, 0.2) is 22.9 Å². The summed E-state index contributed by atoms with van der Waals surface area (Å²) >= 11 is 3.24. The summed E-state index contributed by atoms with van der Waals surface area (Å²) in [7, 11) is 0. The topological polar surface area (TPSA) is 65.8 Å². The van der Waals surface area contributed by atoms with E-state index in [9.17, 15) is 10.1 Å². The number of pyridine rings is 1. The van der Waals surface area contributed by atoms with Crippen molar-refractivity contribution in [2.45, 2.75) is 44.6 Å². The van der Waals surface area contributed by atoms with Gasteiger partial charge in [-0.1, -0.05) is 13.3 Å². The quantitative estimate of drug-likeness (QED) is 0.860. The fourth-order valence-corrected chi connectivity index (χ4v) is 2.88. The van der Waals surface area contributed by atoms with Crippen LogP contribution < -0.4 is 5.32 Å². The molecule has 2 rings (SSSR count). The van der Waals surface area contributed by atoms with Gasteiger partial charge in [-0.05, 0) is 59.7 Å². The monoisotopic (exact) mass is 335 g/mol. The van der Waals surface area contributed by atoms with Gasteiger partial charge in [0.25, 0.3) is 5.91 Å². The zero-order valence-corrected chi connectivity index (χ0v) is 13.1. The van der Waals surface area contributed by atoms with Crippen LogP contribution >= 0.6 is 15.9 Å². The average Bonchev–Trinajstić information content (AvgIpc) is 2.48. The summed E-state index contributed by atoms with van der Waals surface area (Å²) in [5, 5.41) is 12.4. The highest BCUT2D eigenvalue weighted by Crippen LogP contribution is 2.33. The Morgan fingerprint density at radius 2 is 2.25 bits per heavy atom. The highest BCUT2D eigenvalue weighted by molar-refractivity contribution is 9.10. The minimum absolute atomic E-state index is 0.221. The Bertz CT molecular complexity index is 513. The molecule has 0 spiro atoms. The van der Waals surface area contributed by atoms with Crippen LogP contribution in [0.4, 0.5) is 0 Å². The zero-order valence-electron chi connectivity index (χ0n) is 11.5. The van der Waals surface area contributed by atoms with Gasteiger partial charge in [0, 0.05) is 6.20 Å². The Morgan fingerprint density at radius 1 is 1.55 bits per heavy atom. The third kappa shape index (κ3) is 3.37. The van der Waals surface area contributed by atoms with Gasteiger partial charge in [0.05, 0.1) is 11.6 Å². The minimum Gasteiger partial charge on any atom is -0.334 e. The number of amides is 1. The lowest BCUT2D eigenvalue weighted by molar-refractivity contribution is 0.0891. The molecule has 106 valence electrons. The number of rotatable bonds is 3. The van der Waals surface area contributed by atoms with E-state index in [1.165, 1.54) is 6.20 Å². The highest BCUT2D eigenvalue weighted by Gasteiger charge is 2.36. The van der Waals surface area contributed by atoms with E-state index in [-0.39, 0.29) is 5.91 Å². The van der Waals surface area contributed by atoms with Crippen molar-refractivity contribution < 1.29 is 4.79 Å². The van der Waals surface area contributed by atoms with Crippen LogP contribution in [0.1, 0.15) is 49.4 Å². The van der Waals surface area contributed by atoms with Crippen LogP contribution in [0, 0.1) is 17.2 Å². The normalized spacial score (nSPS) is 25.8. The van der Waals surface area contributed by atoms with Gasteiger partial charge < -0.3 is 5.32 Å². The first kappa shape index (κ1) is 15.0. The standard InChI is InChI=1S/C15H18BrN3O/c1-2-11-5-7-15(10-17,8-6-11)19-14(20)12-3-4-13(16)18-9-12/h3-4,9,11H,2,5-8H2,1H3,(H,19,20). The molecule has 1 saturated carbocycles. The van der Waals surface area contributed by atoms with E-state index < -0.39 is 5.54 Å². The second-order valence-corrected chi connectivity index (χ2v) is 6.18. The van der Waals surface area contributed by atoms with E-state index in [0.717, 1.165) is 32.1 Å². The summed E-state index contributed by atoms with van der Waals surface area (Å²) in [6.45, 7) is 2.18. The Hall–Kier alpha value is -1.41. The summed E-state index contributed by atoms with van der Waals surface area (Å²) in [5.41, 5.74) is -0.226. The summed E-state index contributed by atoms with van der Waals surface area (Å²) in [6, 6.07) is 5.74. The van der Waals surface area contributed by atoms with Gasteiger partial charge in [-0.2, -0.15) is 5.26 Å². The Labute approximate surface area is 127 Å². The molecule has 1 aromatic rings. The zero-order chi connectivity index (χ0) is 14.6. The molecule has 0 aromatic carbocycles. The summed E-state index contributed by atoms with van der Waals surface area (Å²) < 4.78 is 0.688. The number of hydrogen-bond donors (Lipinski definition) is 1. The lowest BCUT2D eigenvalue weighted by Gasteiger charge is -2.35. The van der Waals surface area contributed by atoms with Gasteiger partial charge in [0.1, 0.15) is 10.1 Å². The van der Waals surface area contributed by atoms with Gasteiger partial charge in [0.15, 0.2) is 0 Å². The summed E-state index contributed by atoms with van der Waals surface area (Å²) in [4.78, 5) is 16.3. The molecular formula is C15H18BrN3O. The number of nitrogens with zero attached hydrogens (tertiary/aromatic N) is 2. The van der Waals surface area contributed by atoms with Crippen LogP contribution in [0.5, 0.6) is 0 Å². The predicted octanol–water partition coefficient (Wildman–Crippen LogP) is 3.44. The highest BCUT2D eigenvalue weighted by atomic mass is 79.9. The summed E-state index contributed by atoms with van der Waals surface area (Å²) in [5.74, 6) is 0.462. The first-order valence-electron chi connectivity index (χ1n) is 6.94. The number of carbonyl (C=O) groups is 1. The second kappa shape index (κ2) is 6.36. The van der Waals surface area contributed by atoms with Crippen LogP contribution in [-0.4, -0.2) is 16.4 Å². The molecule has 1 aliphatic rings. The molecule has 0 radical (unpaired) electrons. The number of nitrogens with one attached hydrogen (secondary N) is 1. The fraction of sp³-hybridized carbons (Fsp3) is 0.533. The second-order valence-electron chi connectivity index (χ2n) is 5.37. The number of aromatic nitrogens is 1. The number of halogens is 1. The molecule has 4 nitrogen and oxygen atoms in total. The number of carbonyl (C=O) groups excluding carboxylic acids is 1. The van der Waals surface area contributed by atoms with Gasteiger partial charge in [-0.3, -0.25) is 4.79 Å². The molecule has 5 heteroatoms. The molecule has 1 aromatic heterocycles. The van der Waals surface area contributed by atoms with Crippen molar-refractivity contribution in [3.05, 3.63) is 28.5 Å². The molecule has 1 heterocycles. The van der Waals surface area contributed by atoms with Crippen LogP contribution in [-0.2, 0) is 0 Å². The van der Waals surface area contributed by atoms with Crippen molar-refractivity contribution >= 4 is 21.8 Å². The van der Waals surface area contributed by atoms with Crippen molar-refractivity contribution in [3.63, 3.8) is 0 Å². The number of hydrogen-bond acceptors (Lipinski definition) is 3. The predicted molar refractivity (Wildman–Crippen MR) is 80.0 cm³/mol. The van der Waals surface area contributed by atoms with Crippen molar-refractivity contribution in [3.8, 4) is 6.07 Å². The third-order valence-electron chi connectivity index (χ3n) is 4.09. The third-order valence-corrected chi connectivity index (χ3v) is 4.56. The number of nitriles is 1. The Balaban J connectivity index is 2.05. The molecule has 0 saturated heterocycles. The molecule has 1 amide bonds. The van der Waals surface area contributed by atoms with E-state index in [1.807, 2.05) is 0 Å². The van der Waals surface area contributed by atoms with Crippen LogP contribution in [0.3, 0.4) is 0 Å². The van der Waals surface area contributed by atoms with Gasteiger partial charge in [0.2, 0.25) is 0 Å². The lowest BCUT2D eigenvalue weighted by Crippen LogP contribution is -2.49. The van der Waals surface area contributed by atoms with E-state index in [2.05, 4.69) is 39.2 Å². The molecule has 0 bridgehead atoms. The van der Waals surface area contributed by atoms with E-state index in [1.54, 1.807) is 12.1 Å². The van der Waals surface area contributed by atoms with Gasteiger partial charge in [-0.15, -0.1) is 0 Å². The Kier molecular flexibility index (Phi) is 4.77. The van der Waals surface area contributed by atoms with Crippen molar-refractivity contribution in [2.24, 2.45) is 5.92 Å². The largest absolute Gasteiger partial charge is 0.334 e. The maximum absolute atomic E-state index is 12.2. The van der Waals surface area contributed by atoms with Crippen molar-refractivity contribution in [2.75, 3.05) is 0 Å². The fourth-order valence-electron chi connectivity index (χ4n) is 2.64. The minimum atomic E-state index is -0.712. The molecule has 20 heavy (non-hydrogen) atoms. The molecule has 1 N–H and O–H groups in total. The van der Waals surface area contributed by atoms with Crippen molar-refractivity contribution in [1.29, 1.82) is 5.26 Å². The maximum Gasteiger partial charge on any atom is 0.254 e. The average molecular weight is 336 g/mol. The molecular weight excluding hydrogens is 318 g/mol. The molecule has 0 atom stereocenters. The van der Waals surface area contributed by atoms with E-state index >= 15 is 0 Å². The van der Waals surface area contributed by atoms with Gasteiger partial charge in [-0.25, -0.2) is 4.98 Å². The van der Waals surface area contributed by atoms with Crippen molar-refractivity contribution in [1.82, 2.24) is 10.3 Å². The lowest BCUT2D eigenvalue weighted by atomic mass is 9.76. The molecule has 0 aliphatic heterocycles. The first-order valence-corrected chi connectivity index (χ1v) is 7.73. The molecule has 1 aliphatic carbocycles. The summed E-state index contributed by atoms with van der Waals surface area (Å²) in [6.07, 6.45) is 6.13. The SMILES string of the molecule is CCC1CCC(C#N)(NC(=O)c2ccc(Br)nc2)CC1. The van der Waals surface area contributed by atoms with E-state index in [0.29, 0.717) is 16.1 Å². The van der Waals surface area contributed by atoms with Gasteiger partial charge >= 0.3 is 0 Å². The smallest absolute Gasteiger partial charge is 0.254 e. The van der Waals surface area contributed by atoms with Crippen LogP contribution in [0.2, 0.25) is 0 Å². The Morgan fingerprint density at radius 3 is 2.75 bits per heavy atom.